The van der Waals surface area contributed by atoms with Crippen LogP contribution in [0.2, 0.25) is 0 Å². The molecule has 2 heterocycles. The SMILES string of the molecule is Cc1nn(-c2ccccc2)c(C)c1NC(=O)NC1CCCN(C2CCCCCC2)C1. The number of urea groups is 1. The maximum absolute atomic E-state index is 12.8. The molecule has 1 aromatic carbocycles. The van der Waals surface area contributed by atoms with Crippen molar-refractivity contribution in [1.29, 1.82) is 0 Å². The van der Waals surface area contributed by atoms with Gasteiger partial charge in [-0.1, -0.05) is 43.9 Å². The summed E-state index contributed by atoms with van der Waals surface area (Å²) >= 11 is 0. The molecule has 1 atom stereocenters. The minimum absolute atomic E-state index is 0.124. The first-order chi connectivity index (χ1) is 14.6. The Morgan fingerprint density at radius 2 is 1.73 bits per heavy atom. The van der Waals surface area contributed by atoms with Crippen molar-refractivity contribution in [2.45, 2.75) is 77.3 Å². The number of piperidine rings is 1. The topological polar surface area (TPSA) is 62.2 Å². The number of carbonyl (C=O) groups excluding carboxylic acids is 1. The first kappa shape index (κ1) is 20.9. The number of hydrogen-bond donors (Lipinski definition) is 2. The van der Waals surface area contributed by atoms with E-state index in [2.05, 4.69) is 20.6 Å². The molecular weight excluding hydrogens is 374 g/mol. The van der Waals surface area contributed by atoms with Crippen LogP contribution >= 0.6 is 0 Å². The van der Waals surface area contributed by atoms with E-state index < -0.39 is 0 Å². The van der Waals surface area contributed by atoms with Crippen LogP contribution in [-0.4, -0.2) is 45.9 Å². The van der Waals surface area contributed by atoms with Crippen LogP contribution in [0.15, 0.2) is 30.3 Å². The second-order valence-electron chi connectivity index (χ2n) is 8.87. The summed E-state index contributed by atoms with van der Waals surface area (Å²) in [6.45, 7) is 6.08. The van der Waals surface area contributed by atoms with Gasteiger partial charge >= 0.3 is 6.03 Å². The highest BCUT2D eigenvalue weighted by atomic mass is 16.2. The second kappa shape index (κ2) is 9.65. The van der Waals surface area contributed by atoms with Gasteiger partial charge in [-0.15, -0.1) is 0 Å². The van der Waals surface area contributed by atoms with Crippen LogP contribution in [0.1, 0.15) is 62.8 Å². The summed E-state index contributed by atoms with van der Waals surface area (Å²) < 4.78 is 1.89. The number of amides is 2. The van der Waals surface area contributed by atoms with Crippen molar-refractivity contribution in [3.8, 4) is 5.69 Å². The molecule has 0 bridgehead atoms. The summed E-state index contributed by atoms with van der Waals surface area (Å²) in [4.78, 5) is 15.4. The average Bonchev–Trinajstić information content (AvgIpc) is 2.95. The Balaban J connectivity index is 1.37. The van der Waals surface area contributed by atoms with Crippen molar-refractivity contribution in [2.75, 3.05) is 18.4 Å². The predicted octanol–water partition coefficient (Wildman–Crippen LogP) is 4.80. The van der Waals surface area contributed by atoms with E-state index in [0.29, 0.717) is 6.04 Å². The third-order valence-corrected chi connectivity index (χ3v) is 6.66. The number of para-hydroxylation sites is 1. The van der Waals surface area contributed by atoms with Crippen LogP contribution in [0.4, 0.5) is 10.5 Å². The van der Waals surface area contributed by atoms with Crippen molar-refractivity contribution in [2.24, 2.45) is 0 Å². The molecule has 1 saturated carbocycles. The Hall–Kier alpha value is -2.34. The molecule has 2 aromatic rings. The fraction of sp³-hybridized carbons (Fsp3) is 0.583. The second-order valence-corrected chi connectivity index (χ2v) is 8.87. The van der Waals surface area contributed by atoms with Gasteiger partial charge in [0.1, 0.15) is 0 Å². The van der Waals surface area contributed by atoms with E-state index in [1.54, 1.807) is 0 Å². The average molecular weight is 410 g/mol. The summed E-state index contributed by atoms with van der Waals surface area (Å²) in [5.74, 6) is 0. The first-order valence-electron chi connectivity index (χ1n) is 11.5. The molecule has 162 valence electrons. The van der Waals surface area contributed by atoms with Gasteiger partial charge in [0.25, 0.3) is 0 Å². The van der Waals surface area contributed by atoms with Crippen molar-refractivity contribution < 1.29 is 4.79 Å². The Bertz CT molecular complexity index is 839. The van der Waals surface area contributed by atoms with Gasteiger partial charge in [-0.3, -0.25) is 4.90 Å². The van der Waals surface area contributed by atoms with Crippen molar-refractivity contribution in [1.82, 2.24) is 20.0 Å². The zero-order valence-electron chi connectivity index (χ0n) is 18.4. The normalized spacial score (nSPS) is 21.2. The van der Waals surface area contributed by atoms with Crippen molar-refractivity contribution in [3.05, 3.63) is 41.7 Å². The Morgan fingerprint density at radius 1 is 1.00 bits per heavy atom. The molecule has 6 heteroatoms. The molecule has 0 spiro atoms. The summed E-state index contributed by atoms with van der Waals surface area (Å²) in [5, 5.41) is 10.9. The van der Waals surface area contributed by atoms with E-state index in [9.17, 15) is 4.79 Å². The van der Waals surface area contributed by atoms with Crippen molar-refractivity contribution in [3.63, 3.8) is 0 Å². The van der Waals surface area contributed by atoms with E-state index in [4.69, 9.17) is 0 Å². The van der Waals surface area contributed by atoms with E-state index in [-0.39, 0.29) is 12.1 Å². The predicted molar refractivity (Wildman–Crippen MR) is 121 cm³/mol. The highest BCUT2D eigenvalue weighted by Crippen LogP contribution is 2.25. The number of nitrogens with zero attached hydrogens (tertiary/aromatic N) is 3. The lowest BCUT2D eigenvalue weighted by Gasteiger charge is -2.38. The maximum atomic E-state index is 12.8. The molecule has 1 aliphatic carbocycles. The van der Waals surface area contributed by atoms with Gasteiger partial charge in [0.2, 0.25) is 0 Å². The molecule has 1 aliphatic heterocycles. The van der Waals surface area contributed by atoms with Gasteiger partial charge in [0.05, 0.1) is 22.8 Å². The third kappa shape index (κ3) is 4.86. The van der Waals surface area contributed by atoms with Gasteiger partial charge in [0.15, 0.2) is 0 Å². The molecule has 1 saturated heterocycles. The minimum atomic E-state index is -0.124. The van der Waals surface area contributed by atoms with E-state index in [1.165, 1.54) is 45.1 Å². The number of carbonyl (C=O) groups is 1. The van der Waals surface area contributed by atoms with Crippen LogP contribution < -0.4 is 10.6 Å². The molecular formula is C24H35N5O. The summed E-state index contributed by atoms with van der Waals surface area (Å²) in [6, 6.07) is 10.8. The highest BCUT2D eigenvalue weighted by molar-refractivity contribution is 5.90. The van der Waals surface area contributed by atoms with Gasteiger partial charge in [-0.25, -0.2) is 9.48 Å². The fourth-order valence-corrected chi connectivity index (χ4v) is 5.06. The van der Waals surface area contributed by atoms with Crippen LogP contribution in [0.3, 0.4) is 0 Å². The van der Waals surface area contributed by atoms with E-state index in [1.807, 2.05) is 48.9 Å². The number of likely N-dealkylation sites (tertiary alicyclic amines) is 1. The molecule has 30 heavy (non-hydrogen) atoms. The molecule has 1 aromatic heterocycles. The summed E-state index contributed by atoms with van der Waals surface area (Å²) in [7, 11) is 0. The Kier molecular flexibility index (Phi) is 6.72. The van der Waals surface area contributed by atoms with E-state index in [0.717, 1.165) is 42.1 Å². The summed E-state index contributed by atoms with van der Waals surface area (Å²) in [5.41, 5.74) is 3.57. The number of benzene rings is 1. The number of anilines is 1. The van der Waals surface area contributed by atoms with Crippen LogP contribution in [-0.2, 0) is 0 Å². The molecule has 6 nitrogen and oxygen atoms in total. The highest BCUT2D eigenvalue weighted by Gasteiger charge is 2.27. The lowest BCUT2D eigenvalue weighted by Crippen LogP contribution is -2.51. The lowest BCUT2D eigenvalue weighted by molar-refractivity contribution is 0.128. The van der Waals surface area contributed by atoms with Gasteiger partial charge in [0, 0.05) is 18.6 Å². The largest absolute Gasteiger partial charge is 0.334 e. The zero-order valence-corrected chi connectivity index (χ0v) is 18.4. The quantitative estimate of drug-likeness (QED) is 0.713. The van der Waals surface area contributed by atoms with Gasteiger partial charge in [-0.05, 0) is 58.2 Å². The minimum Gasteiger partial charge on any atom is -0.334 e. The molecule has 2 N–H and O–H groups in total. The maximum Gasteiger partial charge on any atom is 0.319 e. The standard InChI is InChI=1S/C24H35N5O/c1-18-23(19(2)29(27-18)22-14-8-5-9-15-22)26-24(30)25-20-11-10-16-28(17-20)21-12-6-3-4-7-13-21/h5,8-9,14-15,20-21H,3-4,6-7,10-13,16-17H2,1-2H3,(H2,25,26,30). The lowest BCUT2D eigenvalue weighted by atomic mass is 10.00. The van der Waals surface area contributed by atoms with Crippen molar-refractivity contribution >= 4 is 11.7 Å². The molecule has 1 unspecified atom stereocenters. The fourth-order valence-electron chi connectivity index (χ4n) is 5.06. The molecule has 2 fully saturated rings. The van der Waals surface area contributed by atoms with Gasteiger partial charge < -0.3 is 10.6 Å². The number of nitrogens with one attached hydrogen (secondary N) is 2. The van der Waals surface area contributed by atoms with E-state index >= 15 is 0 Å². The van der Waals surface area contributed by atoms with Crippen LogP contribution in [0.25, 0.3) is 5.69 Å². The third-order valence-electron chi connectivity index (χ3n) is 6.66. The van der Waals surface area contributed by atoms with Gasteiger partial charge in [-0.2, -0.15) is 5.10 Å². The van der Waals surface area contributed by atoms with Crippen LogP contribution in [0.5, 0.6) is 0 Å². The molecule has 4 rings (SSSR count). The molecule has 2 amide bonds. The molecule has 2 aliphatic rings. The number of aryl methyl sites for hydroxylation is 1. The smallest absolute Gasteiger partial charge is 0.319 e. The number of hydrogen-bond acceptors (Lipinski definition) is 3. The number of rotatable bonds is 4. The molecule has 0 radical (unpaired) electrons. The van der Waals surface area contributed by atoms with Crippen LogP contribution in [0, 0.1) is 13.8 Å². The Labute approximate surface area is 180 Å². The first-order valence-corrected chi connectivity index (χ1v) is 11.5. The zero-order chi connectivity index (χ0) is 20.9. The Morgan fingerprint density at radius 3 is 2.47 bits per heavy atom. The summed E-state index contributed by atoms with van der Waals surface area (Å²) in [6.07, 6.45) is 10.3. The monoisotopic (exact) mass is 409 g/mol. The number of aromatic nitrogens is 2.